The molecule has 3 nitrogen and oxygen atoms in total. The van der Waals surface area contributed by atoms with Crippen LogP contribution in [-0.4, -0.2) is 19.2 Å². The lowest BCUT2D eigenvalue weighted by Crippen LogP contribution is -2.06. The molecule has 0 saturated carbocycles. The van der Waals surface area contributed by atoms with E-state index in [0.717, 1.165) is 0 Å². The lowest BCUT2D eigenvalue weighted by atomic mass is 10.0. The molecule has 16 heavy (non-hydrogen) atoms. The van der Waals surface area contributed by atoms with Gasteiger partial charge in [0.2, 0.25) is 0 Å². The van der Waals surface area contributed by atoms with Crippen molar-refractivity contribution in [2.45, 2.75) is 19.5 Å². The van der Waals surface area contributed by atoms with E-state index in [-0.39, 0.29) is 24.2 Å². The van der Waals surface area contributed by atoms with E-state index in [2.05, 4.69) is 4.74 Å². The summed E-state index contributed by atoms with van der Waals surface area (Å²) in [6.07, 6.45) is 1.58. The van der Waals surface area contributed by atoms with Gasteiger partial charge in [0.05, 0.1) is 0 Å². The second kappa shape index (κ2) is 5.95. The number of carbonyl (C=O) groups is 2. The molecule has 1 aromatic carbocycles. The maximum atomic E-state index is 12.1. The zero-order valence-corrected chi connectivity index (χ0v) is 8.36. The first-order valence-electron chi connectivity index (χ1n) is 4.64. The van der Waals surface area contributed by atoms with Crippen molar-refractivity contribution in [1.82, 2.24) is 0 Å². The fourth-order valence-electron chi connectivity index (χ4n) is 1.37. The lowest BCUT2D eigenvalue weighted by molar-refractivity contribution is -0.107. The average Bonchev–Trinajstić information content (AvgIpc) is 2.26. The minimum Gasteiger partial charge on any atom is -0.435 e. The van der Waals surface area contributed by atoms with E-state index in [0.29, 0.717) is 18.1 Å². The van der Waals surface area contributed by atoms with Crippen molar-refractivity contribution in [3.8, 4) is 5.75 Å². The van der Waals surface area contributed by atoms with Gasteiger partial charge in [-0.05, 0) is 12.5 Å². The van der Waals surface area contributed by atoms with E-state index in [1.165, 1.54) is 18.2 Å². The van der Waals surface area contributed by atoms with Crippen LogP contribution in [0.2, 0.25) is 0 Å². The van der Waals surface area contributed by atoms with Gasteiger partial charge in [0.1, 0.15) is 18.3 Å². The van der Waals surface area contributed by atoms with Crippen LogP contribution < -0.4 is 4.74 Å². The fraction of sp³-hybridized carbons (Fsp3) is 0.273. The fourth-order valence-corrected chi connectivity index (χ4v) is 1.37. The molecule has 0 fully saturated rings. The van der Waals surface area contributed by atoms with Crippen molar-refractivity contribution >= 4 is 12.6 Å². The summed E-state index contributed by atoms with van der Waals surface area (Å²) >= 11 is 0. The van der Waals surface area contributed by atoms with Crippen LogP contribution >= 0.6 is 0 Å². The molecule has 0 amide bonds. The number of rotatable bonds is 6. The Morgan fingerprint density at radius 3 is 2.62 bits per heavy atom. The second-order valence-corrected chi connectivity index (χ2v) is 3.03. The minimum absolute atomic E-state index is 0.0542. The predicted octanol–water partition coefficient (Wildman–Crippen LogP) is 2.23. The summed E-state index contributed by atoms with van der Waals surface area (Å²) in [7, 11) is 0. The summed E-state index contributed by atoms with van der Waals surface area (Å²) in [5.41, 5.74) is 0.602. The van der Waals surface area contributed by atoms with Gasteiger partial charge in [-0.2, -0.15) is 8.78 Å². The van der Waals surface area contributed by atoms with Crippen LogP contribution in [0.15, 0.2) is 18.2 Å². The van der Waals surface area contributed by atoms with Gasteiger partial charge in [-0.15, -0.1) is 0 Å². The summed E-state index contributed by atoms with van der Waals surface area (Å²) in [6.45, 7) is -2.95. The van der Waals surface area contributed by atoms with Gasteiger partial charge in [-0.1, -0.05) is 12.1 Å². The third-order valence-corrected chi connectivity index (χ3v) is 2.02. The molecule has 1 rings (SSSR count). The number of aldehydes is 2. The largest absolute Gasteiger partial charge is 0.435 e. The highest BCUT2D eigenvalue weighted by Crippen LogP contribution is 2.24. The van der Waals surface area contributed by atoms with Gasteiger partial charge in [-0.3, -0.25) is 4.79 Å². The molecular weight excluding hydrogens is 218 g/mol. The van der Waals surface area contributed by atoms with Crippen molar-refractivity contribution < 1.29 is 23.1 Å². The number of carbonyl (C=O) groups excluding carboxylic acids is 2. The van der Waals surface area contributed by atoms with Crippen LogP contribution in [-0.2, 0) is 11.2 Å². The van der Waals surface area contributed by atoms with Crippen LogP contribution in [0.4, 0.5) is 8.78 Å². The lowest BCUT2D eigenvalue weighted by Gasteiger charge is -2.11. The Hall–Kier alpha value is -1.78. The number of benzene rings is 1. The molecule has 0 spiro atoms. The summed E-state index contributed by atoms with van der Waals surface area (Å²) in [5, 5.41) is 0. The van der Waals surface area contributed by atoms with Gasteiger partial charge >= 0.3 is 6.61 Å². The van der Waals surface area contributed by atoms with E-state index in [4.69, 9.17) is 0 Å². The number of hydrogen-bond acceptors (Lipinski definition) is 3. The number of halogens is 2. The quantitative estimate of drug-likeness (QED) is 0.701. The molecule has 0 saturated heterocycles. The first-order valence-corrected chi connectivity index (χ1v) is 4.64. The van der Waals surface area contributed by atoms with E-state index in [1.54, 1.807) is 0 Å². The standard InChI is InChI=1S/C11H10F2O3/c12-11(13)16-10-5-1-3-8(7-15)9(10)4-2-6-14/h1,3,5-7,11H,2,4H2. The third-order valence-electron chi connectivity index (χ3n) is 2.02. The Bertz CT molecular complexity index is 377. The van der Waals surface area contributed by atoms with Crippen molar-refractivity contribution in [1.29, 1.82) is 0 Å². The van der Waals surface area contributed by atoms with Crippen LogP contribution in [0.25, 0.3) is 0 Å². The highest BCUT2D eigenvalue weighted by molar-refractivity contribution is 5.79. The summed E-state index contributed by atoms with van der Waals surface area (Å²) in [4.78, 5) is 20.9. The molecule has 0 unspecified atom stereocenters. The molecule has 0 bridgehead atoms. The molecule has 0 heterocycles. The maximum Gasteiger partial charge on any atom is 0.387 e. The molecule has 0 atom stereocenters. The van der Waals surface area contributed by atoms with Gasteiger partial charge in [-0.25, -0.2) is 0 Å². The van der Waals surface area contributed by atoms with Gasteiger partial charge in [0, 0.05) is 17.5 Å². The van der Waals surface area contributed by atoms with Gasteiger partial charge < -0.3 is 9.53 Å². The zero-order valence-electron chi connectivity index (χ0n) is 8.36. The van der Waals surface area contributed by atoms with E-state index in [1.807, 2.05) is 0 Å². The Kier molecular flexibility index (Phi) is 4.57. The average molecular weight is 228 g/mol. The number of alkyl halides is 2. The zero-order chi connectivity index (χ0) is 12.0. The van der Waals surface area contributed by atoms with Crippen LogP contribution in [0, 0.1) is 0 Å². The van der Waals surface area contributed by atoms with Crippen LogP contribution in [0.3, 0.4) is 0 Å². The first-order chi connectivity index (χ1) is 7.69. The molecule has 86 valence electrons. The third kappa shape index (κ3) is 3.12. The molecule has 0 aliphatic rings. The minimum atomic E-state index is -2.95. The second-order valence-electron chi connectivity index (χ2n) is 3.03. The molecule has 5 heteroatoms. The number of hydrogen-bond donors (Lipinski definition) is 0. The smallest absolute Gasteiger partial charge is 0.387 e. The Balaban J connectivity index is 3.03. The van der Waals surface area contributed by atoms with E-state index < -0.39 is 6.61 Å². The molecule has 0 radical (unpaired) electrons. The Morgan fingerprint density at radius 2 is 2.06 bits per heavy atom. The van der Waals surface area contributed by atoms with E-state index in [9.17, 15) is 18.4 Å². The topological polar surface area (TPSA) is 43.4 Å². The van der Waals surface area contributed by atoms with Crippen molar-refractivity contribution in [2.75, 3.05) is 0 Å². The predicted molar refractivity (Wildman–Crippen MR) is 52.8 cm³/mol. The molecule has 0 N–H and O–H groups in total. The monoisotopic (exact) mass is 228 g/mol. The molecule has 0 aliphatic heterocycles. The SMILES string of the molecule is O=CCCc1c(C=O)cccc1OC(F)F. The van der Waals surface area contributed by atoms with Gasteiger partial charge in [0.15, 0.2) is 0 Å². The van der Waals surface area contributed by atoms with Crippen LogP contribution in [0.1, 0.15) is 22.3 Å². The number of ether oxygens (including phenoxy) is 1. The molecule has 0 aliphatic carbocycles. The van der Waals surface area contributed by atoms with E-state index >= 15 is 0 Å². The Morgan fingerprint density at radius 1 is 1.31 bits per heavy atom. The molecular formula is C11H10F2O3. The highest BCUT2D eigenvalue weighted by Gasteiger charge is 2.12. The first kappa shape index (κ1) is 12.3. The molecule has 1 aromatic rings. The van der Waals surface area contributed by atoms with Crippen molar-refractivity contribution in [2.24, 2.45) is 0 Å². The molecule has 0 aromatic heterocycles. The summed E-state index contributed by atoms with van der Waals surface area (Å²) in [5.74, 6) is -0.0542. The maximum absolute atomic E-state index is 12.1. The van der Waals surface area contributed by atoms with Gasteiger partial charge in [0.25, 0.3) is 0 Å². The summed E-state index contributed by atoms with van der Waals surface area (Å²) < 4.78 is 28.4. The van der Waals surface area contributed by atoms with Crippen molar-refractivity contribution in [3.63, 3.8) is 0 Å². The highest BCUT2D eigenvalue weighted by atomic mass is 19.3. The van der Waals surface area contributed by atoms with Crippen LogP contribution in [0.5, 0.6) is 5.75 Å². The summed E-state index contributed by atoms with van der Waals surface area (Å²) in [6, 6.07) is 4.29. The normalized spacial score (nSPS) is 10.2. The Labute approximate surface area is 91.0 Å². The van der Waals surface area contributed by atoms with Crippen molar-refractivity contribution in [3.05, 3.63) is 29.3 Å².